The molecule has 0 saturated carbocycles. The first-order chi connectivity index (χ1) is 8.92. The molecule has 6 heteroatoms. The summed E-state index contributed by atoms with van der Waals surface area (Å²) in [5.41, 5.74) is 0. The van der Waals surface area contributed by atoms with Crippen molar-refractivity contribution >= 4 is 26.7 Å². The third-order valence-electron chi connectivity index (χ3n) is 2.94. The van der Waals surface area contributed by atoms with Crippen molar-refractivity contribution in [2.75, 3.05) is 0 Å². The minimum atomic E-state index is -5.56. The summed E-state index contributed by atoms with van der Waals surface area (Å²) >= 11 is 0. The molecule has 19 heavy (non-hydrogen) atoms. The monoisotopic (exact) mass is 298 g/mol. The highest BCUT2D eigenvalue weighted by Crippen LogP contribution is 2.52. The zero-order chi connectivity index (χ0) is 13.9. The van der Waals surface area contributed by atoms with Crippen molar-refractivity contribution in [2.45, 2.75) is 6.55 Å². The van der Waals surface area contributed by atoms with E-state index in [2.05, 4.69) is 0 Å². The zero-order valence-corrected chi connectivity index (χ0v) is 12.2. The van der Waals surface area contributed by atoms with Crippen LogP contribution in [0.2, 0.25) is 6.55 Å². The average molecular weight is 298 g/mol. The van der Waals surface area contributed by atoms with E-state index in [9.17, 15) is 13.0 Å². The molecule has 0 bridgehead atoms. The maximum atomic E-state index is 13.0. The van der Waals surface area contributed by atoms with Crippen molar-refractivity contribution in [1.82, 2.24) is 0 Å². The summed E-state index contributed by atoms with van der Waals surface area (Å²) in [5, 5.41) is 1.33. The number of halogens is 2. The van der Waals surface area contributed by atoms with Gasteiger partial charge in [0.1, 0.15) is 0 Å². The van der Waals surface area contributed by atoms with Crippen LogP contribution in [0.3, 0.4) is 0 Å². The Morgan fingerprint density at radius 2 is 1.26 bits per heavy atom. The molecule has 0 N–H and O–H groups in total. The average Bonchev–Trinajstić information content (AvgIpc) is 2.39. The first kappa shape index (κ1) is 14.1. The highest BCUT2D eigenvalue weighted by molar-refractivity contribution is 7.50. The number of hydrogen-bond acceptors (Lipinski definition) is 2. The molecule has 100 valence electrons. The second kappa shape index (κ2) is 5.37. The van der Waals surface area contributed by atoms with Gasteiger partial charge in [0, 0.05) is 0 Å². The Kier molecular flexibility index (Phi) is 3.99. The molecular formula is C13H13F2O2PSi. The Hall–Kier alpha value is -1.29. The highest BCUT2D eigenvalue weighted by atomic mass is 31.2. The lowest BCUT2D eigenvalue weighted by Crippen LogP contribution is -2.57. The van der Waals surface area contributed by atoms with Crippen LogP contribution in [0.5, 0.6) is 0 Å². The van der Waals surface area contributed by atoms with Gasteiger partial charge in [-0.25, -0.2) is 4.57 Å². The number of hydrogen-bond donors (Lipinski definition) is 0. The summed E-state index contributed by atoms with van der Waals surface area (Å²) in [6.45, 7) is 1.63. The number of benzene rings is 2. The van der Waals surface area contributed by atoms with Gasteiger partial charge in [-0.05, 0) is 16.9 Å². The molecule has 0 aromatic heterocycles. The molecular weight excluding hydrogens is 285 g/mol. The van der Waals surface area contributed by atoms with E-state index in [1.165, 1.54) is 0 Å². The van der Waals surface area contributed by atoms with Crippen LogP contribution < -0.4 is 10.4 Å². The predicted molar refractivity (Wildman–Crippen MR) is 74.7 cm³/mol. The standard InChI is InChI=1S/C13H13F2O2PSi/c1-19(17-18(14,15)16,12-8-4-2-5-9-12)13-10-6-3-7-11-13/h2-11H,1H3. The van der Waals surface area contributed by atoms with Gasteiger partial charge in [-0.15, -0.1) is 8.39 Å². The molecule has 0 spiro atoms. The molecule has 0 radical (unpaired) electrons. The number of rotatable bonds is 4. The van der Waals surface area contributed by atoms with Crippen LogP contribution in [0.15, 0.2) is 60.7 Å². The molecule has 2 nitrogen and oxygen atoms in total. The molecule has 0 fully saturated rings. The fourth-order valence-electron chi connectivity index (χ4n) is 2.00. The second-order valence-corrected chi connectivity index (χ2v) is 9.05. The SMILES string of the molecule is C[Si](OP(=O)(F)F)(c1ccccc1)c1ccccc1. The van der Waals surface area contributed by atoms with Crippen LogP contribution in [-0.2, 0) is 8.78 Å². The van der Waals surface area contributed by atoms with Gasteiger partial charge < -0.3 is 4.21 Å². The van der Waals surface area contributed by atoms with Crippen LogP contribution >= 0.6 is 7.99 Å². The van der Waals surface area contributed by atoms with Crippen molar-refractivity contribution in [1.29, 1.82) is 0 Å². The maximum absolute atomic E-state index is 13.0. The van der Waals surface area contributed by atoms with Crippen molar-refractivity contribution < 1.29 is 17.2 Å². The van der Waals surface area contributed by atoms with Gasteiger partial charge in [0.15, 0.2) is 0 Å². The Balaban J connectivity index is 2.54. The summed E-state index contributed by atoms with van der Waals surface area (Å²) in [7, 11) is -8.71. The molecule has 0 amide bonds. The summed E-state index contributed by atoms with van der Waals surface area (Å²) in [6, 6.07) is 17.6. The lowest BCUT2D eigenvalue weighted by molar-refractivity contribution is 0.386. The maximum Gasteiger partial charge on any atom is 0.542 e. The minimum absolute atomic E-state index is 0.664. The molecule has 0 unspecified atom stereocenters. The molecule has 0 saturated heterocycles. The Morgan fingerprint density at radius 3 is 1.58 bits per heavy atom. The summed E-state index contributed by atoms with van der Waals surface area (Å²) in [4.78, 5) is 0. The van der Waals surface area contributed by atoms with E-state index in [-0.39, 0.29) is 0 Å². The van der Waals surface area contributed by atoms with E-state index in [0.717, 1.165) is 0 Å². The van der Waals surface area contributed by atoms with Gasteiger partial charge in [-0.1, -0.05) is 60.7 Å². The third kappa shape index (κ3) is 3.38. The van der Waals surface area contributed by atoms with Gasteiger partial charge >= 0.3 is 7.99 Å². The van der Waals surface area contributed by atoms with E-state index in [0.29, 0.717) is 10.4 Å². The van der Waals surface area contributed by atoms with E-state index < -0.39 is 16.3 Å². The lowest BCUT2D eigenvalue weighted by Gasteiger charge is -2.27. The molecule has 0 aliphatic heterocycles. The topological polar surface area (TPSA) is 26.3 Å². The van der Waals surface area contributed by atoms with E-state index in [1.807, 2.05) is 0 Å². The van der Waals surface area contributed by atoms with Gasteiger partial charge in [0.2, 0.25) is 0 Å². The molecule has 0 atom stereocenters. The van der Waals surface area contributed by atoms with Gasteiger partial charge in [-0.3, -0.25) is 0 Å². The lowest BCUT2D eigenvalue weighted by atomic mass is 10.4. The van der Waals surface area contributed by atoms with Crippen LogP contribution in [0, 0.1) is 0 Å². The minimum Gasteiger partial charge on any atom is -0.314 e. The third-order valence-corrected chi connectivity index (χ3v) is 8.12. The second-order valence-electron chi connectivity index (χ2n) is 4.27. The van der Waals surface area contributed by atoms with E-state index in [1.54, 1.807) is 67.2 Å². The van der Waals surface area contributed by atoms with Crippen molar-refractivity contribution in [3.05, 3.63) is 60.7 Å². The fourth-order valence-corrected chi connectivity index (χ4v) is 6.53. The van der Waals surface area contributed by atoms with E-state index in [4.69, 9.17) is 4.21 Å². The molecule has 0 heterocycles. The quantitative estimate of drug-likeness (QED) is 0.638. The smallest absolute Gasteiger partial charge is 0.314 e. The normalized spacial score (nSPS) is 12.4. The van der Waals surface area contributed by atoms with Gasteiger partial charge in [0.25, 0.3) is 8.32 Å². The fraction of sp³-hybridized carbons (Fsp3) is 0.0769. The van der Waals surface area contributed by atoms with Crippen LogP contribution in [-0.4, -0.2) is 8.32 Å². The Labute approximate surface area is 111 Å². The largest absolute Gasteiger partial charge is 0.542 e. The van der Waals surface area contributed by atoms with Crippen molar-refractivity contribution in [3.63, 3.8) is 0 Å². The van der Waals surface area contributed by atoms with Gasteiger partial charge in [0.05, 0.1) is 0 Å². The first-order valence-electron chi connectivity index (χ1n) is 5.73. The van der Waals surface area contributed by atoms with Crippen LogP contribution in [0.1, 0.15) is 0 Å². The molecule has 2 rings (SSSR count). The molecule has 2 aromatic carbocycles. The van der Waals surface area contributed by atoms with Crippen molar-refractivity contribution in [2.24, 2.45) is 0 Å². The summed E-state index contributed by atoms with van der Waals surface area (Å²) in [5.74, 6) is 0. The molecule has 0 aliphatic carbocycles. The Bertz CT molecular complexity index is 547. The highest BCUT2D eigenvalue weighted by Gasteiger charge is 2.42. The van der Waals surface area contributed by atoms with Crippen LogP contribution in [0.4, 0.5) is 8.39 Å². The van der Waals surface area contributed by atoms with Crippen LogP contribution in [0.25, 0.3) is 0 Å². The summed E-state index contributed by atoms with van der Waals surface area (Å²) < 4.78 is 41.5. The Morgan fingerprint density at radius 1 is 0.895 bits per heavy atom. The molecule has 0 aliphatic rings. The van der Waals surface area contributed by atoms with Crippen molar-refractivity contribution in [3.8, 4) is 0 Å². The van der Waals surface area contributed by atoms with E-state index >= 15 is 0 Å². The van der Waals surface area contributed by atoms with Gasteiger partial charge in [-0.2, -0.15) is 0 Å². The predicted octanol–water partition coefficient (Wildman–Crippen LogP) is 3.44. The first-order valence-corrected chi connectivity index (χ1v) is 9.54. The molecule has 2 aromatic rings. The summed E-state index contributed by atoms with van der Waals surface area (Å²) in [6.07, 6.45) is 0. The zero-order valence-electron chi connectivity index (χ0n) is 10.3.